The van der Waals surface area contributed by atoms with Crippen LogP contribution >= 0.6 is 11.8 Å². The first kappa shape index (κ1) is 18.5. The Labute approximate surface area is 167 Å². The van der Waals surface area contributed by atoms with Crippen molar-refractivity contribution in [2.24, 2.45) is 7.05 Å². The van der Waals surface area contributed by atoms with E-state index in [1.165, 1.54) is 0 Å². The minimum atomic E-state index is -0.177. The van der Waals surface area contributed by atoms with Crippen LogP contribution in [-0.4, -0.2) is 51.0 Å². The van der Waals surface area contributed by atoms with Gasteiger partial charge >= 0.3 is 0 Å². The van der Waals surface area contributed by atoms with E-state index >= 15 is 0 Å². The summed E-state index contributed by atoms with van der Waals surface area (Å²) < 4.78 is 7.34. The van der Waals surface area contributed by atoms with E-state index in [9.17, 15) is 4.79 Å². The molecule has 4 heterocycles. The Balaban J connectivity index is 1.39. The molecule has 1 N–H and O–H groups in total. The Hall–Kier alpha value is -2.81. The maximum Gasteiger partial charge on any atom is 0.287 e. The Kier molecular flexibility index (Phi) is 5.34. The molecule has 9 heteroatoms. The van der Waals surface area contributed by atoms with E-state index in [1.807, 2.05) is 31.6 Å². The van der Waals surface area contributed by atoms with Gasteiger partial charge in [-0.05, 0) is 30.9 Å². The lowest BCUT2D eigenvalue weighted by atomic mass is 10.2. The topological polar surface area (TPSA) is 89.1 Å². The zero-order valence-electron chi connectivity index (χ0n) is 15.8. The summed E-state index contributed by atoms with van der Waals surface area (Å²) in [6.45, 7) is 1.46. The van der Waals surface area contributed by atoms with Gasteiger partial charge in [-0.3, -0.25) is 9.48 Å². The summed E-state index contributed by atoms with van der Waals surface area (Å²) in [6.07, 6.45) is 8.31. The summed E-state index contributed by atoms with van der Waals surface area (Å²) in [5.74, 6) is 2.42. The van der Waals surface area contributed by atoms with Crippen molar-refractivity contribution in [3.63, 3.8) is 0 Å². The predicted molar refractivity (Wildman–Crippen MR) is 108 cm³/mol. The molecule has 1 aliphatic heterocycles. The number of carbonyl (C=O) groups is 1. The number of rotatable bonds is 6. The van der Waals surface area contributed by atoms with Crippen molar-refractivity contribution in [1.82, 2.24) is 25.1 Å². The van der Waals surface area contributed by atoms with Crippen LogP contribution in [0, 0.1) is 0 Å². The fourth-order valence-electron chi connectivity index (χ4n) is 3.25. The minimum Gasteiger partial charge on any atom is -0.455 e. The number of aryl methyl sites for hydroxylation is 1. The Morgan fingerprint density at radius 3 is 3.07 bits per heavy atom. The van der Waals surface area contributed by atoms with Crippen LogP contribution in [0.15, 0.2) is 41.2 Å². The van der Waals surface area contributed by atoms with Gasteiger partial charge in [-0.15, -0.1) is 0 Å². The van der Waals surface area contributed by atoms with Crippen LogP contribution in [-0.2, 0) is 12.8 Å². The summed E-state index contributed by atoms with van der Waals surface area (Å²) >= 11 is 1.66. The van der Waals surface area contributed by atoms with E-state index < -0.39 is 0 Å². The third-order valence-corrected chi connectivity index (χ3v) is 5.20. The van der Waals surface area contributed by atoms with Gasteiger partial charge in [0.25, 0.3) is 5.91 Å². The van der Waals surface area contributed by atoms with Crippen molar-refractivity contribution in [3.05, 3.63) is 48.3 Å². The van der Waals surface area contributed by atoms with Crippen molar-refractivity contribution in [2.75, 3.05) is 24.2 Å². The average Bonchev–Trinajstić information content (AvgIpc) is 3.43. The second-order valence-electron chi connectivity index (χ2n) is 6.75. The number of furan rings is 1. The number of aromatic nitrogens is 4. The van der Waals surface area contributed by atoms with Gasteiger partial charge in [0.05, 0.1) is 17.6 Å². The standard InChI is InChI=1S/C19H22N6O2S/c1-24-10-13(9-21-24)16-5-7-20-19(23-16)25-8-6-14(11-25)22-18(26)17-4-3-15(27-17)12-28-2/h3-5,7,9-10,14H,6,8,11-12H2,1-2H3,(H,22,26). The molecule has 1 aliphatic rings. The van der Waals surface area contributed by atoms with Gasteiger partial charge in [-0.2, -0.15) is 16.9 Å². The quantitative estimate of drug-likeness (QED) is 0.682. The highest BCUT2D eigenvalue weighted by Gasteiger charge is 2.27. The molecule has 1 fully saturated rings. The molecule has 4 rings (SSSR count). The number of carbonyl (C=O) groups excluding carboxylic acids is 1. The van der Waals surface area contributed by atoms with E-state index in [1.54, 1.807) is 34.9 Å². The first-order valence-electron chi connectivity index (χ1n) is 9.08. The molecular formula is C19H22N6O2S. The Morgan fingerprint density at radius 1 is 1.39 bits per heavy atom. The minimum absolute atomic E-state index is 0.0345. The van der Waals surface area contributed by atoms with Crippen molar-refractivity contribution in [3.8, 4) is 11.3 Å². The molecule has 0 aliphatic carbocycles. The molecule has 0 radical (unpaired) electrons. The largest absolute Gasteiger partial charge is 0.455 e. The van der Waals surface area contributed by atoms with Crippen molar-refractivity contribution < 1.29 is 9.21 Å². The lowest BCUT2D eigenvalue weighted by Crippen LogP contribution is -2.37. The lowest BCUT2D eigenvalue weighted by molar-refractivity contribution is 0.0911. The number of hydrogen-bond donors (Lipinski definition) is 1. The SMILES string of the molecule is CSCc1ccc(C(=O)NC2CCN(c3nccc(-c4cnn(C)c4)n3)C2)o1. The van der Waals surface area contributed by atoms with E-state index in [-0.39, 0.29) is 11.9 Å². The van der Waals surface area contributed by atoms with Gasteiger partial charge in [-0.25, -0.2) is 9.97 Å². The molecule has 3 aromatic rings. The number of amides is 1. The van der Waals surface area contributed by atoms with E-state index in [2.05, 4.69) is 25.3 Å². The summed E-state index contributed by atoms with van der Waals surface area (Å²) in [5.41, 5.74) is 1.79. The molecule has 8 nitrogen and oxygen atoms in total. The zero-order chi connectivity index (χ0) is 19.5. The maximum atomic E-state index is 12.4. The predicted octanol–water partition coefficient (Wildman–Crippen LogP) is 2.34. The van der Waals surface area contributed by atoms with Crippen LogP contribution in [0.2, 0.25) is 0 Å². The Bertz CT molecular complexity index is 969. The fourth-order valence-corrected chi connectivity index (χ4v) is 3.69. The molecule has 0 aromatic carbocycles. The first-order valence-corrected chi connectivity index (χ1v) is 10.5. The fraction of sp³-hybridized carbons (Fsp3) is 0.368. The van der Waals surface area contributed by atoms with Gasteiger partial charge in [0.1, 0.15) is 5.76 Å². The third kappa shape index (κ3) is 4.04. The molecule has 146 valence electrons. The smallest absolute Gasteiger partial charge is 0.287 e. The summed E-state index contributed by atoms with van der Waals surface area (Å²) in [7, 11) is 1.88. The highest BCUT2D eigenvalue weighted by molar-refractivity contribution is 7.97. The third-order valence-electron chi connectivity index (χ3n) is 4.62. The molecule has 1 saturated heterocycles. The van der Waals surface area contributed by atoms with Crippen LogP contribution in [0.3, 0.4) is 0 Å². The molecule has 1 unspecified atom stereocenters. The molecule has 1 atom stereocenters. The molecule has 28 heavy (non-hydrogen) atoms. The van der Waals surface area contributed by atoms with Crippen LogP contribution in [0.25, 0.3) is 11.3 Å². The average molecular weight is 398 g/mol. The molecule has 1 amide bonds. The highest BCUT2D eigenvalue weighted by atomic mass is 32.2. The summed E-state index contributed by atoms with van der Waals surface area (Å²) in [5, 5.41) is 7.24. The molecule has 0 spiro atoms. The summed E-state index contributed by atoms with van der Waals surface area (Å²) in [4.78, 5) is 23.6. The van der Waals surface area contributed by atoms with Gasteiger partial charge in [-0.1, -0.05) is 0 Å². The monoisotopic (exact) mass is 398 g/mol. The maximum absolute atomic E-state index is 12.4. The van der Waals surface area contributed by atoms with Gasteiger partial charge in [0.2, 0.25) is 5.95 Å². The second-order valence-corrected chi connectivity index (χ2v) is 7.61. The molecule has 0 bridgehead atoms. The normalized spacial score (nSPS) is 16.5. The molecular weight excluding hydrogens is 376 g/mol. The summed E-state index contributed by atoms with van der Waals surface area (Å²) in [6, 6.07) is 5.49. The van der Waals surface area contributed by atoms with Crippen molar-refractivity contribution in [2.45, 2.75) is 18.2 Å². The number of hydrogen-bond acceptors (Lipinski definition) is 7. The van der Waals surface area contributed by atoms with Gasteiger partial charge in [0, 0.05) is 44.1 Å². The number of nitrogens with zero attached hydrogens (tertiary/aromatic N) is 5. The van der Waals surface area contributed by atoms with Crippen LogP contribution in [0.1, 0.15) is 22.7 Å². The van der Waals surface area contributed by atoms with Gasteiger partial charge in [0.15, 0.2) is 5.76 Å². The zero-order valence-corrected chi connectivity index (χ0v) is 16.6. The van der Waals surface area contributed by atoms with Gasteiger partial charge < -0.3 is 14.6 Å². The van der Waals surface area contributed by atoms with Crippen LogP contribution in [0.4, 0.5) is 5.95 Å². The second kappa shape index (κ2) is 8.05. The van der Waals surface area contributed by atoms with E-state index in [4.69, 9.17) is 4.42 Å². The van der Waals surface area contributed by atoms with Crippen LogP contribution in [0.5, 0.6) is 0 Å². The van der Waals surface area contributed by atoms with E-state index in [0.717, 1.165) is 35.7 Å². The highest BCUT2D eigenvalue weighted by Crippen LogP contribution is 2.21. The number of nitrogens with one attached hydrogen (secondary N) is 1. The lowest BCUT2D eigenvalue weighted by Gasteiger charge is -2.17. The number of anilines is 1. The molecule has 0 saturated carbocycles. The number of thioether (sulfide) groups is 1. The first-order chi connectivity index (χ1) is 13.6. The van der Waals surface area contributed by atoms with Crippen LogP contribution < -0.4 is 10.2 Å². The van der Waals surface area contributed by atoms with E-state index in [0.29, 0.717) is 18.3 Å². The molecule has 3 aromatic heterocycles. The Morgan fingerprint density at radius 2 is 2.29 bits per heavy atom. The van der Waals surface area contributed by atoms with Crippen molar-refractivity contribution >= 4 is 23.6 Å². The van der Waals surface area contributed by atoms with Crippen molar-refractivity contribution in [1.29, 1.82) is 0 Å².